The fourth-order valence-electron chi connectivity index (χ4n) is 5.00. The highest BCUT2D eigenvalue weighted by Gasteiger charge is 2.41. The van der Waals surface area contributed by atoms with Gasteiger partial charge in [-0.05, 0) is 24.1 Å². The van der Waals surface area contributed by atoms with Crippen molar-refractivity contribution in [1.29, 1.82) is 0 Å². The zero-order valence-electron chi connectivity index (χ0n) is 21.8. The van der Waals surface area contributed by atoms with E-state index in [1.54, 1.807) is 18.8 Å². The predicted octanol–water partition coefficient (Wildman–Crippen LogP) is 4.00. The van der Waals surface area contributed by atoms with Crippen molar-refractivity contribution in [2.75, 3.05) is 38.4 Å². The monoisotopic (exact) mass is 583 g/mol. The summed E-state index contributed by atoms with van der Waals surface area (Å²) in [4.78, 5) is 24.8. The Balaban J connectivity index is 1.52. The quantitative estimate of drug-likeness (QED) is 0.362. The molecular formula is C25H26ClF4N7O3. The minimum absolute atomic E-state index is 0.0107. The van der Waals surface area contributed by atoms with Gasteiger partial charge < -0.3 is 25.0 Å². The van der Waals surface area contributed by atoms with E-state index in [4.69, 9.17) is 26.8 Å². The number of fused-ring (bicyclic) bond motifs is 2. The van der Waals surface area contributed by atoms with Crippen LogP contribution in [0.5, 0.6) is 6.01 Å². The number of aryl methyl sites for hydroxylation is 1. The van der Waals surface area contributed by atoms with E-state index in [9.17, 15) is 22.4 Å². The zero-order valence-corrected chi connectivity index (χ0v) is 22.6. The van der Waals surface area contributed by atoms with Gasteiger partial charge in [0.25, 0.3) is 5.91 Å². The minimum atomic E-state index is -4.95. The van der Waals surface area contributed by atoms with Gasteiger partial charge in [-0.1, -0.05) is 11.6 Å². The minimum Gasteiger partial charge on any atom is -0.467 e. The van der Waals surface area contributed by atoms with Gasteiger partial charge >= 0.3 is 12.2 Å². The molecule has 4 heterocycles. The summed E-state index contributed by atoms with van der Waals surface area (Å²) in [6.45, 7) is 1.16. The molecule has 5 rings (SSSR count). The number of rotatable bonds is 4. The van der Waals surface area contributed by atoms with Crippen molar-refractivity contribution in [3.8, 4) is 6.01 Å². The number of benzene rings is 1. The summed E-state index contributed by atoms with van der Waals surface area (Å²) in [5.41, 5.74) is 5.44. The van der Waals surface area contributed by atoms with Crippen LogP contribution < -0.4 is 15.4 Å². The van der Waals surface area contributed by atoms with Crippen LogP contribution in [0.2, 0.25) is 5.02 Å². The van der Waals surface area contributed by atoms with E-state index in [0.29, 0.717) is 48.3 Å². The molecule has 1 unspecified atom stereocenters. The summed E-state index contributed by atoms with van der Waals surface area (Å²) in [6, 6.07) is 1.72. The van der Waals surface area contributed by atoms with Crippen LogP contribution in [-0.4, -0.2) is 58.3 Å². The molecule has 2 aromatic heterocycles. The van der Waals surface area contributed by atoms with Crippen molar-refractivity contribution in [3.63, 3.8) is 0 Å². The number of nitrogens with two attached hydrogens (primary N) is 1. The molecule has 0 radical (unpaired) electrons. The first-order chi connectivity index (χ1) is 18.9. The Kier molecular flexibility index (Phi) is 7.25. The molecule has 2 N–H and O–H groups in total. The molecule has 0 fully saturated rings. The molecule has 10 nitrogen and oxygen atoms in total. The van der Waals surface area contributed by atoms with Gasteiger partial charge in [-0.3, -0.25) is 9.48 Å². The highest BCUT2D eigenvalue weighted by molar-refractivity contribution is 6.34. The number of halogens is 5. The third kappa shape index (κ3) is 5.01. The Labute approximate surface area is 231 Å². The summed E-state index contributed by atoms with van der Waals surface area (Å²) in [6.07, 6.45) is -5.56. The number of alkyl halides is 3. The van der Waals surface area contributed by atoms with Crippen molar-refractivity contribution in [1.82, 2.24) is 24.6 Å². The van der Waals surface area contributed by atoms with Crippen LogP contribution in [-0.2, 0) is 37.0 Å². The van der Waals surface area contributed by atoms with Gasteiger partial charge in [-0.2, -0.15) is 28.2 Å². The third-order valence-corrected chi connectivity index (χ3v) is 7.25. The van der Waals surface area contributed by atoms with Crippen molar-refractivity contribution in [2.24, 2.45) is 0 Å². The van der Waals surface area contributed by atoms with E-state index in [1.165, 1.54) is 12.0 Å². The standard InChI is InChI=1S/C25H26ClF4N7O3/c1-35(2)23(38)21-20(26)17-10-36(5-4-6-37(17)34-21)22-14-11-40-18(9-16(14)32-24(33-22)39-3)13-7-12(31)8-15(27)19(13)25(28,29)30/h7-8,18H,4-6,9-11,31H2,1-3H3. The van der Waals surface area contributed by atoms with Gasteiger partial charge in [0, 0.05) is 44.9 Å². The number of carbonyl (C=O) groups excluding carboxylic acids is 1. The van der Waals surface area contributed by atoms with Crippen LogP contribution in [0, 0.1) is 5.82 Å². The molecular weight excluding hydrogens is 558 g/mol. The SMILES string of the molecule is COc1nc2c(c(N3CCCn4nc(C(=O)N(C)C)c(Cl)c4C3)n1)COC(c1cc(N)cc(F)c1C(F)(F)F)C2. The lowest BCUT2D eigenvalue weighted by Gasteiger charge is -2.31. The molecule has 0 bridgehead atoms. The lowest BCUT2D eigenvalue weighted by Crippen LogP contribution is -2.29. The average Bonchev–Trinajstić information content (AvgIpc) is 3.05. The topological polar surface area (TPSA) is 112 Å². The molecule has 15 heteroatoms. The van der Waals surface area contributed by atoms with Crippen LogP contribution in [0.4, 0.5) is 29.1 Å². The summed E-state index contributed by atoms with van der Waals surface area (Å²) in [7, 11) is 4.60. The Morgan fingerprint density at radius 3 is 2.67 bits per heavy atom. The Bertz CT molecular complexity index is 1480. The maximum Gasteiger partial charge on any atom is 0.419 e. The number of amides is 1. The van der Waals surface area contributed by atoms with Crippen LogP contribution in [0.1, 0.15) is 51.1 Å². The highest BCUT2D eigenvalue weighted by atomic mass is 35.5. The number of hydrogen-bond donors (Lipinski definition) is 1. The zero-order chi connectivity index (χ0) is 28.9. The molecule has 1 atom stereocenters. The summed E-state index contributed by atoms with van der Waals surface area (Å²) in [5.74, 6) is -1.34. The number of ether oxygens (including phenoxy) is 2. The highest BCUT2D eigenvalue weighted by Crippen LogP contribution is 2.43. The van der Waals surface area contributed by atoms with Crippen molar-refractivity contribution < 1.29 is 31.8 Å². The molecule has 40 heavy (non-hydrogen) atoms. The van der Waals surface area contributed by atoms with Gasteiger partial charge in [0.05, 0.1) is 48.3 Å². The number of nitrogen functional groups attached to an aromatic ring is 1. The van der Waals surface area contributed by atoms with Gasteiger partial charge in [0.15, 0.2) is 5.69 Å². The Morgan fingerprint density at radius 2 is 2.00 bits per heavy atom. The van der Waals surface area contributed by atoms with Crippen molar-refractivity contribution in [2.45, 2.75) is 44.8 Å². The van der Waals surface area contributed by atoms with Gasteiger partial charge in [-0.25, -0.2) is 4.39 Å². The second kappa shape index (κ2) is 10.4. The summed E-state index contributed by atoms with van der Waals surface area (Å²) >= 11 is 6.60. The second-order valence-corrected chi connectivity index (χ2v) is 10.1. The molecule has 2 aliphatic rings. The molecule has 0 aliphatic carbocycles. The molecule has 1 amide bonds. The first-order valence-corrected chi connectivity index (χ1v) is 12.7. The Morgan fingerprint density at radius 1 is 1.25 bits per heavy atom. The molecule has 3 aromatic rings. The predicted molar refractivity (Wildman–Crippen MR) is 137 cm³/mol. The molecule has 214 valence electrons. The summed E-state index contributed by atoms with van der Waals surface area (Å²) < 4.78 is 68.6. The van der Waals surface area contributed by atoms with Crippen LogP contribution >= 0.6 is 11.6 Å². The van der Waals surface area contributed by atoms with E-state index < -0.39 is 29.2 Å². The molecule has 0 spiro atoms. The number of hydrogen-bond acceptors (Lipinski definition) is 8. The van der Waals surface area contributed by atoms with Gasteiger partial charge in [-0.15, -0.1) is 0 Å². The summed E-state index contributed by atoms with van der Waals surface area (Å²) in [5, 5.41) is 4.65. The van der Waals surface area contributed by atoms with E-state index in [-0.39, 0.29) is 47.9 Å². The lowest BCUT2D eigenvalue weighted by molar-refractivity contribution is -0.142. The largest absolute Gasteiger partial charge is 0.467 e. The molecule has 2 aliphatic heterocycles. The second-order valence-electron chi connectivity index (χ2n) is 9.73. The Hall–Kier alpha value is -3.65. The van der Waals surface area contributed by atoms with Crippen LogP contribution in [0.3, 0.4) is 0 Å². The number of nitrogens with zero attached hydrogens (tertiary/aromatic N) is 6. The number of aromatic nitrogens is 4. The lowest BCUT2D eigenvalue weighted by atomic mass is 9.94. The van der Waals surface area contributed by atoms with Gasteiger partial charge in [0.1, 0.15) is 11.6 Å². The third-order valence-electron chi connectivity index (χ3n) is 6.85. The fraction of sp³-hybridized carbons (Fsp3) is 0.440. The smallest absolute Gasteiger partial charge is 0.419 e. The van der Waals surface area contributed by atoms with Crippen LogP contribution in [0.15, 0.2) is 12.1 Å². The molecule has 0 saturated carbocycles. The van der Waals surface area contributed by atoms with Crippen molar-refractivity contribution >= 4 is 29.0 Å². The maximum absolute atomic E-state index is 14.4. The first kappa shape index (κ1) is 27.9. The normalized spacial score (nSPS) is 17.2. The number of carbonyl (C=O) groups is 1. The number of methoxy groups -OCH3 is 1. The first-order valence-electron chi connectivity index (χ1n) is 12.3. The molecule has 0 saturated heterocycles. The van der Waals surface area contributed by atoms with E-state index in [1.807, 2.05) is 4.90 Å². The number of anilines is 2. The maximum atomic E-state index is 14.4. The van der Waals surface area contributed by atoms with Crippen LogP contribution in [0.25, 0.3) is 0 Å². The average molecular weight is 584 g/mol. The van der Waals surface area contributed by atoms with E-state index >= 15 is 0 Å². The van der Waals surface area contributed by atoms with E-state index in [2.05, 4.69) is 15.1 Å². The van der Waals surface area contributed by atoms with Gasteiger partial charge in [0.2, 0.25) is 0 Å². The van der Waals surface area contributed by atoms with Crippen molar-refractivity contribution in [3.05, 3.63) is 56.7 Å². The van der Waals surface area contributed by atoms with E-state index in [0.717, 1.165) is 6.07 Å². The fourth-order valence-corrected chi connectivity index (χ4v) is 5.27. The molecule has 1 aromatic carbocycles.